The van der Waals surface area contributed by atoms with Crippen molar-refractivity contribution in [3.63, 3.8) is 0 Å². The number of carbonyl (C=O) groups excluding carboxylic acids is 2. The van der Waals surface area contributed by atoms with Crippen LogP contribution in [0.4, 0.5) is 4.79 Å². The van der Waals surface area contributed by atoms with E-state index in [2.05, 4.69) is 42.6 Å². The quantitative estimate of drug-likeness (QED) is 0.870. The van der Waals surface area contributed by atoms with Crippen LogP contribution in [0.15, 0.2) is 30.3 Å². The van der Waals surface area contributed by atoms with Gasteiger partial charge in [0.05, 0.1) is 6.54 Å². The Labute approximate surface area is 118 Å². The van der Waals surface area contributed by atoms with Crippen molar-refractivity contribution in [2.24, 2.45) is 5.73 Å². The molecule has 5 heteroatoms. The van der Waals surface area contributed by atoms with Crippen molar-refractivity contribution >= 4 is 17.5 Å². The van der Waals surface area contributed by atoms with Crippen LogP contribution in [0.25, 0.3) is 5.57 Å². The molecule has 0 atom stereocenters. The van der Waals surface area contributed by atoms with Crippen LogP contribution in [0.1, 0.15) is 17.5 Å². The lowest BCUT2D eigenvalue weighted by Gasteiger charge is -2.26. The molecule has 1 heterocycles. The van der Waals surface area contributed by atoms with Gasteiger partial charge in [-0.1, -0.05) is 35.9 Å². The lowest BCUT2D eigenvalue weighted by Crippen LogP contribution is -2.43. The summed E-state index contributed by atoms with van der Waals surface area (Å²) in [5, 5.41) is 2.32. The number of hydrogen-bond acceptors (Lipinski definition) is 2. The van der Waals surface area contributed by atoms with Gasteiger partial charge in [-0.15, -0.1) is 0 Å². The number of primary amides is 1. The number of nitrogens with zero attached hydrogens (tertiary/aromatic N) is 1. The SMILES string of the molecule is Cc1ccc(C2=CCN(C(=O)CNC(N)=O)CC2)cc1. The third-order valence-corrected chi connectivity index (χ3v) is 3.40. The van der Waals surface area contributed by atoms with Crippen LogP contribution in [0.2, 0.25) is 0 Å². The zero-order chi connectivity index (χ0) is 14.5. The maximum atomic E-state index is 11.8. The third kappa shape index (κ3) is 3.60. The number of rotatable bonds is 3. The summed E-state index contributed by atoms with van der Waals surface area (Å²) >= 11 is 0. The Morgan fingerprint density at radius 2 is 2.00 bits per heavy atom. The largest absolute Gasteiger partial charge is 0.352 e. The number of nitrogens with one attached hydrogen (secondary N) is 1. The predicted octanol–water partition coefficient (Wildman–Crippen LogP) is 1.28. The first-order valence-electron chi connectivity index (χ1n) is 6.63. The highest BCUT2D eigenvalue weighted by molar-refractivity contribution is 5.84. The molecule has 1 aliphatic heterocycles. The van der Waals surface area contributed by atoms with Crippen LogP contribution >= 0.6 is 0 Å². The summed E-state index contributed by atoms with van der Waals surface area (Å²) in [6.07, 6.45) is 2.89. The number of aryl methyl sites for hydroxylation is 1. The Morgan fingerprint density at radius 3 is 2.55 bits per heavy atom. The average molecular weight is 273 g/mol. The van der Waals surface area contributed by atoms with Crippen LogP contribution in [0.5, 0.6) is 0 Å². The molecule has 1 aliphatic rings. The van der Waals surface area contributed by atoms with E-state index in [0.29, 0.717) is 13.1 Å². The van der Waals surface area contributed by atoms with Crippen molar-refractivity contribution in [1.29, 1.82) is 0 Å². The lowest BCUT2D eigenvalue weighted by molar-refractivity contribution is -0.129. The zero-order valence-corrected chi connectivity index (χ0v) is 11.6. The number of urea groups is 1. The van der Waals surface area contributed by atoms with E-state index in [1.165, 1.54) is 16.7 Å². The van der Waals surface area contributed by atoms with Gasteiger partial charge in [0.15, 0.2) is 0 Å². The lowest BCUT2D eigenvalue weighted by atomic mass is 9.98. The molecule has 2 rings (SSSR count). The van der Waals surface area contributed by atoms with Crippen molar-refractivity contribution in [1.82, 2.24) is 10.2 Å². The van der Waals surface area contributed by atoms with Gasteiger partial charge in [0, 0.05) is 13.1 Å². The topological polar surface area (TPSA) is 75.4 Å². The average Bonchev–Trinajstić information content (AvgIpc) is 2.46. The summed E-state index contributed by atoms with van der Waals surface area (Å²) in [4.78, 5) is 24.1. The first-order chi connectivity index (χ1) is 9.56. The molecule has 0 saturated carbocycles. The molecule has 106 valence electrons. The molecule has 3 N–H and O–H groups in total. The van der Waals surface area contributed by atoms with E-state index in [4.69, 9.17) is 5.73 Å². The fraction of sp³-hybridized carbons (Fsp3) is 0.333. The van der Waals surface area contributed by atoms with Crippen molar-refractivity contribution in [2.75, 3.05) is 19.6 Å². The fourth-order valence-electron chi connectivity index (χ4n) is 2.20. The highest BCUT2D eigenvalue weighted by atomic mass is 16.2. The van der Waals surface area contributed by atoms with E-state index in [0.717, 1.165) is 6.42 Å². The molecular formula is C15H19N3O2. The minimum absolute atomic E-state index is 0.0387. The molecule has 0 spiro atoms. The van der Waals surface area contributed by atoms with E-state index in [-0.39, 0.29) is 12.5 Å². The Kier molecular flexibility index (Phi) is 4.40. The second-order valence-corrected chi connectivity index (χ2v) is 4.90. The molecule has 1 aromatic rings. The van der Waals surface area contributed by atoms with Gasteiger partial charge in [-0.3, -0.25) is 4.79 Å². The Morgan fingerprint density at radius 1 is 1.30 bits per heavy atom. The molecule has 3 amide bonds. The van der Waals surface area contributed by atoms with E-state index >= 15 is 0 Å². The highest BCUT2D eigenvalue weighted by Gasteiger charge is 2.17. The smallest absolute Gasteiger partial charge is 0.312 e. The van der Waals surface area contributed by atoms with E-state index in [1.807, 2.05) is 0 Å². The van der Waals surface area contributed by atoms with Gasteiger partial charge in [0.25, 0.3) is 0 Å². The van der Waals surface area contributed by atoms with Gasteiger partial charge in [0.2, 0.25) is 5.91 Å². The van der Waals surface area contributed by atoms with Gasteiger partial charge >= 0.3 is 6.03 Å². The zero-order valence-electron chi connectivity index (χ0n) is 11.6. The molecule has 20 heavy (non-hydrogen) atoms. The Bertz CT molecular complexity index is 535. The first kappa shape index (κ1) is 14.1. The van der Waals surface area contributed by atoms with E-state index in [1.54, 1.807) is 4.90 Å². The van der Waals surface area contributed by atoms with Crippen LogP contribution < -0.4 is 11.1 Å². The molecule has 0 fully saturated rings. The van der Waals surface area contributed by atoms with Crippen LogP contribution in [-0.2, 0) is 4.79 Å². The van der Waals surface area contributed by atoms with Crippen molar-refractivity contribution in [3.05, 3.63) is 41.5 Å². The summed E-state index contributed by atoms with van der Waals surface area (Å²) in [6.45, 7) is 3.26. The minimum Gasteiger partial charge on any atom is -0.352 e. The second-order valence-electron chi connectivity index (χ2n) is 4.90. The standard InChI is InChI=1S/C15H19N3O2/c1-11-2-4-12(5-3-11)13-6-8-18(9-7-13)14(19)10-17-15(16)20/h2-6H,7-10H2,1H3,(H3,16,17,20). The molecule has 0 aromatic heterocycles. The van der Waals surface area contributed by atoms with Gasteiger partial charge in [-0.25, -0.2) is 4.79 Å². The summed E-state index contributed by atoms with van der Waals surface area (Å²) in [7, 11) is 0. The van der Waals surface area contributed by atoms with Gasteiger partial charge < -0.3 is 16.0 Å². The maximum Gasteiger partial charge on any atom is 0.312 e. The summed E-state index contributed by atoms with van der Waals surface area (Å²) in [6, 6.07) is 7.71. The first-order valence-corrected chi connectivity index (χ1v) is 6.63. The van der Waals surface area contributed by atoms with Crippen molar-refractivity contribution < 1.29 is 9.59 Å². The Balaban J connectivity index is 1.94. The molecule has 0 radical (unpaired) electrons. The molecule has 0 bridgehead atoms. The Hall–Kier alpha value is -2.30. The number of nitrogens with two attached hydrogens (primary N) is 1. The fourth-order valence-corrected chi connectivity index (χ4v) is 2.20. The number of amides is 3. The molecule has 1 aromatic carbocycles. The summed E-state index contributed by atoms with van der Waals surface area (Å²) < 4.78 is 0. The normalized spacial score (nSPS) is 14.7. The second kappa shape index (κ2) is 6.23. The van der Waals surface area contributed by atoms with Gasteiger partial charge in [-0.2, -0.15) is 0 Å². The van der Waals surface area contributed by atoms with Gasteiger partial charge in [0.1, 0.15) is 0 Å². The monoisotopic (exact) mass is 273 g/mol. The van der Waals surface area contributed by atoms with Crippen LogP contribution in [-0.4, -0.2) is 36.5 Å². The third-order valence-electron chi connectivity index (χ3n) is 3.40. The van der Waals surface area contributed by atoms with Crippen molar-refractivity contribution in [3.8, 4) is 0 Å². The van der Waals surface area contributed by atoms with Crippen molar-refractivity contribution in [2.45, 2.75) is 13.3 Å². The number of carbonyl (C=O) groups is 2. The number of hydrogen-bond donors (Lipinski definition) is 2. The summed E-state index contributed by atoms with van der Waals surface area (Å²) in [5.74, 6) is -0.108. The predicted molar refractivity (Wildman–Crippen MR) is 77.9 cm³/mol. The van der Waals surface area contributed by atoms with E-state index in [9.17, 15) is 9.59 Å². The number of benzene rings is 1. The molecular weight excluding hydrogens is 254 g/mol. The molecule has 0 saturated heterocycles. The van der Waals surface area contributed by atoms with Crippen LogP contribution in [0.3, 0.4) is 0 Å². The molecule has 0 unspecified atom stereocenters. The summed E-state index contributed by atoms with van der Waals surface area (Å²) in [5.41, 5.74) is 8.65. The van der Waals surface area contributed by atoms with Gasteiger partial charge in [-0.05, 0) is 24.5 Å². The van der Waals surface area contributed by atoms with E-state index < -0.39 is 6.03 Å². The molecule has 5 nitrogen and oxygen atoms in total. The highest BCUT2D eigenvalue weighted by Crippen LogP contribution is 2.22. The molecule has 0 aliphatic carbocycles. The van der Waals surface area contributed by atoms with Crippen LogP contribution in [0, 0.1) is 6.92 Å². The minimum atomic E-state index is -0.675. The maximum absolute atomic E-state index is 11.8.